The number of nitriles is 1. The SMILES string of the molecule is Cc1cccc(C(=O)CCCl)c1C#N. The Morgan fingerprint density at radius 2 is 2.29 bits per heavy atom. The van der Waals surface area contributed by atoms with Gasteiger partial charge < -0.3 is 0 Å². The fourth-order valence-corrected chi connectivity index (χ4v) is 1.44. The highest BCUT2D eigenvalue weighted by Gasteiger charge is 2.11. The van der Waals surface area contributed by atoms with E-state index < -0.39 is 0 Å². The fraction of sp³-hybridized carbons (Fsp3) is 0.273. The molecular formula is C11H10ClNO. The van der Waals surface area contributed by atoms with E-state index in [0.29, 0.717) is 11.1 Å². The molecule has 0 atom stereocenters. The van der Waals surface area contributed by atoms with E-state index in [4.69, 9.17) is 16.9 Å². The molecule has 0 saturated carbocycles. The van der Waals surface area contributed by atoms with Crippen LogP contribution in [-0.2, 0) is 0 Å². The molecule has 1 aromatic rings. The van der Waals surface area contributed by atoms with Gasteiger partial charge in [0.2, 0.25) is 0 Å². The Balaban J connectivity index is 3.15. The van der Waals surface area contributed by atoms with E-state index in [9.17, 15) is 4.79 Å². The third-order valence-electron chi connectivity index (χ3n) is 2.01. The van der Waals surface area contributed by atoms with Gasteiger partial charge in [0.05, 0.1) is 5.56 Å². The van der Waals surface area contributed by atoms with E-state index in [2.05, 4.69) is 0 Å². The molecular weight excluding hydrogens is 198 g/mol. The first-order chi connectivity index (χ1) is 6.70. The predicted octanol–water partition coefficient (Wildman–Crippen LogP) is 2.68. The molecule has 0 amide bonds. The van der Waals surface area contributed by atoms with Gasteiger partial charge in [0.15, 0.2) is 5.78 Å². The topological polar surface area (TPSA) is 40.9 Å². The van der Waals surface area contributed by atoms with Gasteiger partial charge in [0.1, 0.15) is 6.07 Å². The van der Waals surface area contributed by atoms with Crippen molar-refractivity contribution in [3.63, 3.8) is 0 Å². The molecule has 0 N–H and O–H groups in total. The zero-order chi connectivity index (χ0) is 10.6. The van der Waals surface area contributed by atoms with Gasteiger partial charge in [-0.1, -0.05) is 18.2 Å². The first-order valence-electron chi connectivity index (χ1n) is 4.29. The lowest BCUT2D eigenvalue weighted by molar-refractivity contribution is 0.0989. The van der Waals surface area contributed by atoms with Gasteiger partial charge in [-0.3, -0.25) is 4.79 Å². The minimum atomic E-state index is -0.0692. The maximum absolute atomic E-state index is 11.5. The molecule has 0 heterocycles. The summed E-state index contributed by atoms with van der Waals surface area (Å²) in [6, 6.07) is 7.30. The van der Waals surface area contributed by atoms with Crippen LogP contribution in [0, 0.1) is 18.3 Å². The number of nitrogens with zero attached hydrogens (tertiary/aromatic N) is 1. The summed E-state index contributed by atoms with van der Waals surface area (Å²) in [6.45, 7) is 1.82. The number of Topliss-reactive ketones (excluding diaryl/α,β-unsaturated/α-hetero) is 1. The minimum Gasteiger partial charge on any atom is -0.294 e. The second-order valence-electron chi connectivity index (χ2n) is 2.97. The molecule has 72 valence electrons. The average molecular weight is 208 g/mol. The Kier molecular flexibility index (Phi) is 3.67. The highest BCUT2D eigenvalue weighted by Crippen LogP contribution is 2.14. The van der Waals surface area contributed by atoms with Gasteiger partial charge in [-0.15, -0.1) is 11.6 Å². The lowest BCUT2D eigenvalue weighted by Crippen LogP contribution is -2.03. The maximum Gasteiger partial charge on any atom is 0.165 e. The number of carbonyl (C=O) groups is 1. The number of hydrogen-bond acceptors (Lipinski definition) is 2. The van der Waals surface area contributed by atoms with Crippen LogP contribution in [-0.4, -0.2) is 11.7 Å². The van der Waals surface area contributed by atoms with Crippen molar-refractivity contribution in [3.05, 3.63) is 34.9 Å². The van der Waals surface area contributed by atoms with Gasteiger partial charge in [-0.05, 0) is 12.5 Å². The summed E-state index contributed by atoms with van der Waals surface area (Å²) in [7, 11) is 0. The van der Waals surface area contributed by atoms with Crippen LogP contribution in [0.3, 0.4) is 0 Å². The Labute approximate surface area is 88.1 Å². The largest absolute Gasteiger partial charge is 0.294 e. The lowest BCUT2D eigenvalue weighted by atomic mass is 9.99. The Morgan fingerprint density at radius 1 is 1.57 bits per heavy atom. The number of benzene rings is 1. The number of carbonyl (C=O) groups excluding carboxylic acids is 1. The Morgan fingerprint density at radius 3 is 2.86 bits per heavy atom. The van der Waals surface area contributed by atoms with Gasteiger partial charge in [-0.25, -0.2) is 0 Å². The molecule has 0 fully saturated rings. The molecule has 1 rings (SSSR count). The lowest BCUT2D eigenvalue weighted by Gasteiger charge is -2.03. The first kappa shape index (κ1) is 10.7. The highest BCUT2D eigenvalue weighted by molar-refractivity contribution is 6.19. The quantitative estimate of drug-likeness (QED) is 0.565. The third-order valence-corrected chi connectivity index (χ3v) is 2.20. The van der Waals surface area contributed by atoms with Crippen LogP contribution in [0.4, 0.5) is 0 Å². The number of ketones is 1. The second kappa shape index (κ2) is 4.78. The summed E-state index contributed by atoms with van der Waals surface area (Å²) in [4.78, 5) is 11.5. The number of rotatable bonds is 3. The number of halogens is 1. The molecule has 3 heteroatoms. The molecule has 0 radical (unpaired) electrons. The molecule has 0 aliphatic carbocycles. The van der Waals surface area contributed by atoms with Crippen molar-refractivity contribution in [2.45, 2.75) is 13.3 Å². The standard InChI is InChI=1S/C11H10ClNO/c1-8-3-2-4-9(10(8)7-13)11(14)5-6-12/h2-4H,5-6H2,1H3. The van der Waals surface area contributed by atoms with Crippen LogP contribution in [0.1, 0.15) is 27.9 Å². The van der Waals surface area contributed by atoms with Gasteiger partial charge in [0, 0.05) is 17.9 Å². The van der Waals surface area contributed by atoms with E-state index in [1.165, 1.54) is 0 Å². The van der Waals surface area contributed by atoms with E-state index in [1.807, 2.05) is 19.1 Å². The zero-order valence-electron chi connectivity index (χ0n) is 7.88. The van der Waals surface area contributed by atoms with Crippen molar-refractivity contribution in [1.29, 1.82) is 5.26 Å². The Bertz CT molecular complexity index is 393. The monoisotopic (exact) mass is 207 g/mol. The Hall–Kier alpha value is -1.33. The van der Waals surface area contributed by atoms with E-state index in [-0.39, 0.29) is 18.1 Å². The van der Waals surface area contributed by atoms with Crippen LogP contribution in [0.25, 0.3) is 0 Å². The second-order valence-corrected chi connectivity index (χ2v) is 3.35. The van der Waals surface area contributed by atoms with Crippen molar-refractivity contribution in [2.75, 3.05) is 5.88 Å². The van der Waals surface area contributed by atoms with Crippen LogP contribution >= 0.6 is 11.6 Å². The normalized spacial score (nSPS) is 9.50. The minimum absolute atomic E-state index is 0.0692. The van der Waals surface area contributed by atoms with Crippen LogP contribution in [0.2, 0.25) is 0 Å². The van der Waals surface area contributed by atoms with Crippen LogP contribution in [0.5, 0.6) is 0 Å². The molecule has 2 nitrogen and oxygen atoms in total. The summed E-state index contributed by atoms with van der Waals surface area (Å²) < 4.78 is 0. The molecule has 14 heavy (non-hydrogen) atoms. The first-order valence-corrected chi connectivity index (χ1v) is 4.83. The molecule has 0 spiro atoms. The maximum atomic E-state index is 11.5. The molecule has 0 aliphatic heterocycles. The number of aryl methyl sites for hydroxylation is 1. The van der Waals surface area contributed by atoms with Crippen molar-refractivity contribution in [1.82, 2.24) is 0 Å². The van der Waals surface area contributed by atoms with Gasteiger partial charge in [-0.2, -0.15) is 5.26 Å². The molecule has 0 unspecified atom stereocenters. The summed E-state index contributed by atoms with van der Waals surface area (Å²) in [5.74, 6) is 0.220. The summed E-state index contributed by atoms with van der Waals surface area (Å²) in [5.41, 5.74) is 1.77. The predicted molar refractivity (Wildman–Crippen MR) is 55.6 cm³/mol. The van der Waals surface area contributed by atoms with Crippen LogP contribution < -0.4 is 0 Å². The van der Waals surface area contributed by atoms with Crippen LogP contribution in [0.15, 0.2) is 18.2 Å². The van der Waals surface area contributed by atoms with E-state index in [0.717, 1.165) is 5.56 Å². The van der Waals surface area contributed by atoms with Crippen molar-refractivity contribution >= 4 is 17.4 Å². The molecule has 0 aliphatic rings. The number of alkyl halides is 1. The van der Waals surface area contributed by atoms with E-state index >= 15 is 0 Å². The van der Waals surface area contributed by atoms with Gasteiger partial charge >= 0.3 is 0 Å². The van der Waals surface area contributed by atoms with Gasteiger partial charge in [0.25, 0.3) is 0 Å². The molecule has 0 saturated heterocycles. The summed E-state index contributed by atoms with van der Waals surface area (Å²) in [5, 5.41) is 8.88. The third kappa shape index (κ3) is 2.12. The summed E-state index contributed by atoms with van der Waals surface area (Å²) >= 11 is 5.48. The fourth-order valence-electron chi connectivity index (χ4n) is 1.27. The van der Waals surface area contributed by atoms with E-state index in [1.54, 1.807) is 12.1 Å². The van der Waals surface area contributed by atoms with Crippen molar-refractivity contribution < 1.29 is 4.79 Å². The van der Waals surface area contributed by atoms with Crippen molar-refractivity contribution in [2.24, 2.45) is 0 Å². The molecule has 0 bridgehead atoms. The van der Waals surface area contributed by atoms with Crippen molar-refractivity contribution in [3.8, 4) is 6.07 Å². The summed E-state index contributed by atoms with van der Waals surface area (Å²) in [6.07, 6.45) is 0.277. The highest BCUT2D eigenvalue weighted by atomic mass is 35.5. The molecule has 0 aromatic heterocycles. The average Bonchev–Trinajstić information content (AvgIpc) is 2.17. The smallest absolute Gasteiger partial charge is 0.165 e. The number of hydrogen-bond donors (Lipinski definition) is 0. The molecule has 1 aromatic carbocycles. The zero-order valence-corrected chi connectivity index (χ0v) is 8.64.